The van der Waals surface area contributed by atoms with Crippen LogP contribution in [0.15, 0.2) is 35.6 Å². The normalized spacial score (nSPS) is 29.3. The maximum atomic E-state index is 5.95. The Morgan fingerprint density at radius 1 is 1.25 bits per heavy atom. The van der Waals surface area contributed by atoms with Crippen LogP contribution in [0.1, 0.15) is 40.0 Å². The topological polar surface area (TPSA) is 37.3 Å². The van der Waals surface area contributed by atoms with E-state index in [0.29, 0.717) is 5.41 Å². The molecule has 2 fully saturated rings. The van der Waals surface area contributed by atoms with Gasteiger partial charge in [0.25, 0.3) is 0 Å². The lowest BCUT2D eigenvalue weighted by Gasteiger charge is -2.34. The van der Waals surface area contributed by atoms with Crippen LogP contribution in [0.25, 0.3) is 10.4 Å². The van der Waals surface area contributed by atoms with Crippen molar-refractivity contribution in [1.29, 1.82) is 0 Å². The van der Waals surface area contributed by atoms with Crippen molar-refractivity contribution < 1.29 is 0 Å². The van der Waals surface area contributed by atoms with E-state index in [9.17, 15) is 0 Å². The molecule has 1 N–H and O–H groups in total. The van der Waals surface area contributed by atoms with E-state index < -0.39 is 0 Å². The third-order valence-corrected chi connectivity index (χ3v) is 7.64. The molecule has 126 valence electrons. The van der Waals surface area contributed by atoms with Gasteiger partial charge in [-0.25, -0.2) is 4.98 Å². The molecule has 2 aromatic rings. The van der Waals surface area contributed by atoms with Gasteiger partial charge in [-0.15, -0.1) is 0 Å². The predicted octanol–water partition coefficient (Wildman–Crippen LogP) is 6.08. The van der Waals surface area contributed by atoms with Gasteiger partial charge in [0.15, 0.2) is 0 Å². The molecule has 0 aliphatic heterocycles. The van der Waals surface area contributed by atoms with Gasteiger partial charge in [-0.1, -0.05) is 55.8 Å². The van der Waals surface area contributed by atoms with Crippen molar-refractivity contribution in [1.82, 2.24) is 4.98 Å². The van der Waals surface area contributed by atoms with Gasteiger partial charge in [-0.3, -0.25) is 5.43 Å². The Bertz CT molecular complexity index is 793. The van der Waals surface area contributed by atoms with Crippen molar-refractivity contribution in [3.05, 3.63) is 35.5 Å². The first-order valence-corrected chi connectivity index (χ1v) is 9.64. The molecule has 2 bridgehead atoms. The molecule has 1 aromatic heterocycles. The first-order chi connectivity index (χ1) is 11.4. The standard InChI is InChI=1S/C19H22ClN3S/c1-18(2)13-8-9-19(18,3)16(10-13)22-23-17-21-11-15(24-17)12-4-6-14(20)7-5-12/h4-7,11,13H,8-10H2,1-3H3,(H,21,23)/b22-16+/t13-,19-/m0/s1. The van der Waals surface area contributed by atoms with Crippen molar-refractivity contribution in [2.24, 2.45) is 21.8 Å². The molecule has 0 radical (unpaired) electrons. The number of benzene rings is 1. The van der Waals surface area contributed by atoms with Crippen LogP contribution in [-0.2, 0) is 0 Å². The van der Waals surface area contributed by atoms with Gasteiger partial charge < -0.3 is 0 Å². The highest BCUT2D eigenvalue weighted by atomic mass is 35.5. The molecular formula is C19H22ClN3S. The van der Waals surface area contributed by atoms with Crippen LogP contribution < -0.4 is 5.43 Å². The Hall–Kier alpha value is -1.39. The number of thiazole rings is 1. The second-order valence-corrected chi connectivity index (χ2v) is 9.17. The van der Waals surface area contributed by atoms with Crippen LogP contribution >= 0.6 is 22.9 Å². The van der Waals surface area contributed by atoms with E-state index >= 15 is 0 Å². The maximum Gasteiger partial charge on any atom is 0.203 e. The summed E-state index contributed by atoms with van der Waals surface area (Å²) in [4.78, 5) is 5.58. The lowest BCUT2D eigenvalue weighted by molar-refractivity contribution is 0.194. The third-order valence-electron chi connectivity index (χ3n) is 6.43. The number of hydrazone groups is 1. The van der Waals surface area contributed by atoms with E-state index in [0.717, 1.165) is 32.9 Å². The Labute approximate surface area is 152 Å². The Kier molecular flexibility index (Phi) is 3.73. The van der Waals surface area contributed by atoms with Crippen LogP contribution in [0.5, 0.6) is 0 Å². The third kappa shape index (κ3) is 2.39. The summed E-state index contributed by atoms with van der Waals surface area (Å²) in [5, 5.41) is 6.35. The smallest absolute Gasteiger partial charge is 0.203 e. The number of rotatable bonds is 3. The number of fused-ring (bicyclic) bond motifs is 2. The predicted molar refractivity (Wildman–Crippen MR) is 103 cm³/mol. The summed E-state index contributed by atoms with van der Waals surface area (Å²) in [5.74, 6) is 0.768. The fraction of sp³-hybridized carbons (Fsp3) is 0.474. The molecule has 3 nitrogen and oxygen atoms in total. The first kappa shape index (κ1) is 16.1. The molecule has 0 amide bonds. The van der Waals surface area contributed by atoms with E-state index in [2.05, 4.69) is 31.2 Å². The minimum atomic E-state index is 0.223. The van der Waals surface area contributed by atoms with Gasteiger partial charge >= 0.3 is 0 Å². The highest BCUT2D eigenvalue weighted by molar-refractivity contribution is 7.18. The number of hydrogen-bond donors (Lipinski definition) is 1. The largest absolute Gasteiger partial charge is 0.253 e. The molecule has 0 unspecified atom stereocenters. The zero-order valence-electron chi connectivity index (χ0n) is 14.3. The second kappa shape index (κ2) is 5.57. The van der Waals surface area contributed by atoms with E-state index in [1.807, 2.05) is 30.5 Å². The van der Waals surface area contributed by atoms with Crippen LogP contribution in [-0.4, -0.2) is 10.7 Å². The van der Waals surface area contributed by atoms with Crippen molar-refractivity contribution in [3.8, 4) is 10.4 Å². The van der Waals surface area contributed by atoms with Crippen molar-refractivity contribution in [3.63, 3.8) is 0 Å². The number of anilines is 1. The first-order valence-electron chi connectivity index (χ1n) is 8.45. The van der Waals surface area contributed by atoms with Crippen molar-refractivity contribution in [2.45, 2.75) is 40.0 Å². The monoisotopic (exact) mass is 359 g/mol. The molecule has 24 heavy (non-hydrogen) atoms. The SMILES string of the molecule is CC1(C)[C@H]2CC[C@@]1(C)/C(=N/Nc1ncc(-c3ccc(Cl)cc3)s1)C2. The summed E-state index contributed by atoms with van der Waals surface area (Å²) in [6, 6.07) is 7.85. The van der Waals surface area contributed by atoms with Crippen LogP contribution in [0, 0.1) is 16.7 Å². The van der Waals surface area contributed by atoms with Gasteiger partial charge in [0.05, 0.1) is 4.88 Å². The molecule has 2 aliphatic rings. The van der Waals surface area contributed by atoms with E-state index in [1.54, 1.807) is 11.3 Å². The summed E-state index contributed by atoms with van der Waals surface area (Å²) in [6.07, 6.45) is 5.59. The number of halogens is 1. The summed E-state index contributed by atoms with van der Waals surface area (Å²) < 4.78 is 0. The summed E-state index contributed by atoms with van der Waals surface area (Å²) in [6.45, 7) is 7.17. The van der Waals surface area contributed by atoms with Gasteiger partial charge in [-0.2, -0.15) is 5.10 Å². The molecular weight excluding hydrogens is 338 g/mol. The number of aromatic nitrogens is 1. The summed E-state index contributed by atoms with van der Waals surface area (Å²) in [5.41, 5.74) is 6.22. The maximum absolute atomic E-state index is 5.95. The molecule has 0 saturated heterocycles. The number of nitrogens with zero attached hydrogens (tertiary/aromatic N) is 2. The highest BCUT2D eigenvalue weighted by Crippen LogP contribution is 2.63. The lowest BCUT2D eigenvalue weighted by atomic mass is 9.70. The zero-order chi connectivity index (χ0) is 16.9. The summed E-state index contributed by atoms with van der Waals surface area (Å²) in [7, 11) is 0. The lowest BCUT2D eigenvalue weighted by Crippen LogP contribution is -2.32. The van der Waals surface area contributed by atoms with Crippen LogP contribution in [0.2, 0.25) is 5.02 Å². The second-order valence-electron chi connectivity index (χ2n) is 7.70. The van der Waals surface area contributed by atoms with Crippen molar-refractivity contribution >= 4 is 33.8 Å². The van der Waals surface area contributed by atoms with Crippen LogP contribution in [0.4, 0.5) is 5.13 Å². The van der Waals surface area contributed by atoms with E-state index in [1.165, 1.54) is 18.6 Å². The Balaban J connectivity index is 1.52. The fourth-order valence-electron chi connectivity index (χ4n) is 4.29. The number of hydrogen-bond acceptors (Lipinski definition) is 4. The quantitative estimate of drug-likeness (QED) is 0.674. The Morgan fingerprint density at radius 2 is 2.00 bits per heavy atom. The van der Waals surface area contributed by atoms with Gasteiger partial charge in [0.1, 0.15) is 0 Å². The van der Waals surface area contributed by atoms with E-state index in [4.69, 9.17) is 16.7 Å². The van der Waals surface area contributed by atoms with Gasteiger partial charge in [0, 0.05) is 22.3 Å². The number of nitrogens with one attached hydrogen (secondary N) is 1. The van der Waals surface area contributed by atoms with Gasteiger partial charge in [-0.05, 0) is 48.3 Å². The fourth-order valence-corrected chi connectivity index (χ4v) is 5.18. The molecule has 5 heteroatoms. The molecule has 0 spiro atoms. The zero-order valence-corrected chi connectivity index (χ0v) is 15.8. The molecule has 4 rings (SSSR count). The van der Waals surface area contributed by atoms with Gasteiger partial charge in [0.2, 0.25) is 5.13 Å². The minimum absolute atomic E-state index is 0.223. The molecule has 2 saturated carbocycles. The van der Waals surface area contributed by atoms with Crippen molar-refractivity contribution in [2.75, 3.05) is 5.43 Å². The molecule has 1 heterocycles. The Morgan fingerprint density at radius 3 is 2.62 bits per heavy atom. The summed E-state index contributed by atoms with van der Waals surface area (Å²) >= 11 is 7.57. The molecule has 2 atom stereocenters. The average Bonchev–Trinajstić information content (AvgIpc) is 3.16. The molecule has 2 aliphatic carbocycles. The average molecular weight is 360 g/mol. The minimum Gasteiger partial charge on any atom is -0.253 e. The highest BCUT2D eigenvalue weighted by Gasteiger charge is 2.59. The van der Waals surface area contributed by atoms with Crippen LogP contribution in [0.3, 0.4) is 0 Å². The van der Waals surface area contributed by atoms with E-state index in [-0.39, 0.29) is 5.41 Å². The molecule has 1 aromatic carbocycles.